The van der Waals surface area contributed by atoms with Gasteiger partial charge in [0.05, 0.1) is 0 Å². The highest BCUT2D eigenvalue weighted by Gasteiger charge is 2.34. The number of nitrogens with one attached hydrogen (secondary N) is 2. The van der Waals surface area contributed by atoms with Gasteiger partial charge in [-0.2, -0.15) is 0 Å². The largest absolute Gasteiger partial charge is 0.381 e. The van der Waals surface area contributed by atoms with Crippen molar-refractivity contribution in [1.82, 2.24) is 10.6 Å². The molecule has 2 aliphatic rings. The zero-order valence-electron chi connectivity index (χ0n) is 14.9. The molecule has 1 aromatic rings. The first kappa shape index (κ1) is 18.7. The monoisotopic (exact) mass is 364 g/mol. The van der Waals surface area contributed by atoms with Gasteiger partial charge >= 0.3 is 0 Å². The quantitative estimate of drug-likeness (QED) is 0.814. The van der Waals surface area contributed by atoms with Crippen molar-refractivity contribution >= 4 is 17.5 Å². The van der Waals surface area contributed by atoms with Crippen LogP contribution >= 0.6 is 11.6 Å². The van der Waals surface area contributed by atoms with Crippen LogP contribution in [0.15, 0.2) is 24.3 Å². The van der Waals surface area contributed by atoms with E-state index in [2.05, 4.69) is 22.8 Å². The molecule has 2 N–H and O–H groups in total. The smallest absolute Gasteiger partial charge is 0.220 e. The van der Waals surface area contributed by atoms with Crippen molar-refractivity contribution in [2.24, 2.45) is 5.92 Å². The predicted molar refractivity (Wildman–Crippen MR) is 101 cm³/mol. The highest BCUT2D eigenvalue weighted by molar-refractivity contribution is 6.30. The molecule has 0 aliphatic carbocycles. The number of rotatable bonds is 6. The van der Waals surface area contributed by atoms with Crippen molar-refractivity contribution in [3.63, 3.8) is 0 Å². The highest BCUT2D eigenvalue weighted by Crippen LogP contribution is 2.35. The van der Waals surface area contributed by atoms with Crippen LogP contribution in [-0.2, 0) is 14.9 Å². The van der Waals surface area contributed by atoms with E-state index in [0.29, 0.717) is 18.9 Å². The lowest BCUT2D eigenvalue weighted by Crippen LogP contribution is -2.44. The molecule has 1 aromatic carbocycles. The van der Waals surface area contributed by atoms with Gasteiger partial charge in [0.25, 0.3) is 0 Å². The SMILES string of the molecule is O=C(CCC1CCNCC1)NCC1(c2ccc(Cl)cc2)CCOCC1. The van der Waals surface area contributed by atoms with Crippen LogP contribution in [0.2, 0.25) is 5.02 Å². The molecule has 5 heteroatoms. The highest BCUT2D eigenvalue weighted by atomic mass is 35.5. The molecule has 0 bridgehead atoms. The molecule has 3 rings (SSSR count). The number of hydrogen-bond acceptors (Lipinski definition) is 3. The molecule has 0 atom stereocenters. The Bertz CT molecular complexity index is 549. The van der Waals surface area contributed by atoms with E-state index in [1.54, 1.807) is 0 Å². The summed E-state index contributed by atoms with van der Waals surface area (Å²) >= 11 is 6.04. The van der Waals surface area contributed by atoms with Gasteiger partial charge in [0, 0.05) is 36.6 Å². The van der Waals surface area contributed by atoms with E-state index < -0.39 is 0 Å². The van der Waals surface area contributed by atoms with Crippen LogP contribution in [0.1, 0.15) is 44.1 Å². The Kier molecular flexibility index (Phi) is 6.74. The zero-order valence-corrected chi connectivity index (χ0v) is 15.6. The summed E-state index contributed by atoms with van der Waals surface area (Å²) in [5, 5.41) is 7.33. The standard InChI is InChI=1S/C20H29ClN2O2/c21-18-4-2-17(3-5-18)20(9-13-25-14-10-20)15-23-19(24)6-1-16-7-11-22-12-8-16/h2-5,16,22H,1,6-15H2,(H,23,24). The van der Waals surface area contributed by atoms with Crippen LogP contribution in [0, 0.1) is 5.92 Å². The summed E-state index contributed by atoms with van der Waals surface area (Å²) in [6.45, 7) is 4.35. The van der Waals surface area contributed by atoms with E-state index in [1.807, 2.05) is 12.1 Å². The molecule has 0 saturated carbocycles. The number of piperidine rings is 1. The molecule has 25 heavy (non-hydrogen) atoms. The van der Waals surface area contributed by atoms with E-state index in [4.69, 9.17) is 16.3 Å². The van der Waals surface area contributed by atoms with Crippen molar-refractivity contribution in [2.45, 2.75) is 43.9 Å². The second kappa shape index (κ2) is 9.02. The molecule has 2 heterocycles. The van der Waals surface area contributed by atoms with Gasteiger partial charge in [0.15, 0.2) is 0 Å². The van der Waals surface area contributed by atoms with E-state index in [9.17, 15) is 4.79 Å². The predicted octanol–water partition coefficient (Wildman–Crippen LogP) is 3.28. The average molecular weight is 365 g/mol. The van der Waals surface area contributed by atoms with Gasteiger partial charge in [0.2, 0.25) is 5.91 Å². The van der Waals surface area contributed by atoms with Gasteiger partial charge in [-0.3, -0.25) is 4.79 Å². The van der Waals surface area contributed by atoms with Crippen LogP contribution in [0.3, 0.4) is 0 Å². The van der Waals surface area contributed by atoms with Gasteiger partial charge in [-0.1, -0.05) is 23.7 Å². The molecule has 0 radical (unpaired) electrons. The second-order valence-electron chi connectivity index (χ2n) is 7.41. The minimum Gasteiger partial charge on any atom is -0.381 e. The molecule has 4 nitrogen and oxygen atoms in total. The van der Waals surface area contributed by atoms with Gasteiger partial charge in [-0.15, -0.1) is 0 Å². The van der Waals surface area contributed by atoms with Crippen LogP contribution < -0.4 is 10.6 Å². The molecular weight excluding hydrogens is 336 g/mol. The Morgan fingerprint density at radius 1 is 1.20 bits per heavy atom. The third-order valence-corrected chi connectivity index (χ3v) is 6.02. The summed E-state index contributed by atoms with van der Waals surface area (Å²) in [6.07, 6.45) is 5.90. The summed E-state index contributed by atoms with van der Waals surface area (Å²) in [5.41, 5.74) is 1.21. The van der Waals surface area contributed by atoms with Gasteiger partial charge < -0.3 is 15.4 Å². The molecule has 2 aliphatic heterocycles. The molecule has 1 amide bonds. The number of amides is 1. The van der Waals surface area contributed by atoms with Gasteiger partial charge in [0.1, 0.15) is 0 Å². The van der Waals surface area contributed by atoms with Crippen LogP contribution in [0.4, 0.5) is 0 Å². The van der Waals surface area contributed by atoms with E-state index >= 15 is 0 Å². The fourth-order valence-corrected chi connectivity index (χ4v) is 4.12. The van der Waals surface area contributed by atoms with E-state index in [-0.39, 0.29) is 11.3 Å². The van der Waals surface area contributed by atoms with E-state index in [0.717, 1.165) is 50.6 Å². The average Bonchev–Trinajstić information content (AvgIpc) is 2.67. The number of ether oxygens (including phenoxy) is 1. The molecule has 0 aromatic heterocycles. The van der Waals surface area contributed by atoms with Crippen molar-refractivity contribution in [3.05, 3.63) is 34.9 Å². The first-order valence-corrected chi connectivity index (χ1v) is 9.87. The van der Waals surface area contributed by atoms with E-state index in [1.165, 1.54) is 18.4 Å². The number of hydrogen-bond donors (Lipinski definition) is 2. The van der Waals surface area contributed by atoms with Crippen LogP contribution in [-0.4, -0.2) is 38.8 Å². The Morgan fingerprint density at radius 3 is 2.56 bits per heavy atom. The first-order chi connectivity index (χ1) is 12.2. The number of halogens is 1. The van der Waals surface area contributed by atoms with Crippen molar-refractivity contribution in [3.8, 4) is 0 Å². The molecule has 2 saturated heterocycles. The molecule has 138 valence electrons. The lowest BCUT2D eigenvalue weighted by Gasteiger charge is -2.38. The Balaban J connectivity index is 1.55. The maximum Gasteiger partial charge on any atom is 0.220 e. The summed E-state index contributed by atoms with van der Waals surface area (Å²) in [4.78, 5) is 12.4. The van der Waals surface area contributed by atoms with Crippen molar-refractivity contribution in [2.75, 3.05) is 32.8 Å². The third-order valence-electron chi connectivity index (χ3n) is 5.77. The summed E-state index contributed by atoms with van der Waals surface area (Å²) in [7, 11) is 0. The molecule has 0 spiro atoms. The van der Waals surface area contributed by atoms with Gasteiger partial charge in [-0.25, -0.2) is 0 Å². The Hall–Kier alpha value is -1.10. The molecule has 0 unspecified atom stereocenters. The Morgan fingerprint density at radius 2 is 1.88 bits per heavy atom. The lowest BCUT2D eigenvalue weighted by atomic mass is 9.74. The fraction of sp³-hybridized carbons (Fsp3) is 0.650. The summed E-state index contributed by atoms with van der Waals surface area (Å²) < 4.78 is 5.56. The third kappa shape index (κ3) is 5.19. The number of carbonyl (C=O) groups excluding carboxylic acids is 1. The minimum atomic E-state index is -0.0345. The van der Waals surface area contributed by atoms with Crippen LogP contribution in [0.5, 0.6) is 0 Å². The first-order valence-electron chi connectivity index (χ1n) is 9.49. The number of carbonyl (C=O) groups is 1. The van der Waals surface area contributed by atoms with Crippen LogP contribution in [0.25, 0.3) is 0 Å². The Labute approximate surface area is 155 Å². The molecule has 2 fully saturated rings. The lowest BCUT2D eigenvalue weighted by molar-refractivity contribution is -0.122. The zero-order chi connectivity index (χ0) is 17.5. The molecular formula is C20H29ClN2O2. The second-order valence-corrected chi connectivity index (χ2v) is 7.84. The van der Waals surface area contributed by atoms with Crippen molar-refractivity contribution < 1.29 is 9.53 Å². The summed E-state index contributed by atoms with van der Waals surface area (Å²) in [6, 6.07) is 8.06. The number of benzene rings is 1. The maximum absolute atomic E-state index is 12.4. The minimum absolute atomic E-state index is 0.0345. The fourth-order valence-electron chi connectivity index (χ4n) is 3.99. The maximum atomic E-state index is 12.4. The van der Waals surface area contributed by atoms with Crippen molar-refractivity contribution in [1.29, 1.82) is 0 Å². The normalized spacial score (nSPS) is 21.0. The topological polar surface area (TPSA) is 50.4 Å². The summed E-state index contributed by atoms with van der Waals surface area (Å²) in [5.74, 6) is 0.874. The van der Waals surface area contributed by atoms with Gasteiger partial charge in [-0.05, 0) is 68.8 Å².